The van der Waals surface area contributed by atoms with E-state index < -0.39 is 10.0 Å². The van der Waals surface area contributed by atoms with Gasteiger partial charge in [-0.15, -0.1) is 0 Å². The van der Waals surface area contributed by atoms with Gasteiger partial charge in [0.25, 0.3) is 0 Å². The molecule has 1 heterocycles. The predicted molar refractivity (Wildman–Crippen MR) is 73.8 cm³/mol. The van der Waals surface area contributed by atoms with Crippen LogP contribution in [0.4, 0.5) is 0 Å². The molecule has 1 aliphatic rings. The van der Waals surface area contributed by atoms with Crippen LogP contribution in [0.25, 0.3) is 0 Å². The van der Waals surface area contributed by atoms with Crippen molar-refractivity contribution in [1.82, 2.24) is 9.71 Å². The summed E-state index contributed by atoms with van der Waals surface area (Å²) in [5.74, 6) is 0.906. The summed E-state index contributed by atoms with van der Waals surface area (Å²) >= 11 is 0. The van der Waals surface area contributed by atoms with E-state index in [0.717, 1.165) is 12.8 Å². The molecule has 1 aromatic rings. The molecular formula is C13H21N3O2S. The van der Waals surface area contributed by atoms with Crippen LogP contribution < -0.4 is 10.5 Å². The van der Waals surface area contributed by atoms with E-state index in [1.165, 1.54) is 0 Å². The number of nitrogens with two attached hydrogens (primary N) is 1. The maximum absolute atomic E-state index is 12.4. The third-order valence-corrected chi connectivity index (χ3v) is 5.67. The lowest BCUT2D eigenvalue weighted by Crippen LogP contribution is -2.37. The second-order valence-electron chi connectivity index (χ2n) is 5.29. The van der Waals surface area contributed by atoms with Gasteiger partial charge in [-0.2, -0.15) is 0 Å². The smallest absolute Gasteiger partial charge is 0.242 e. The average molecular weight is 283 g/mol. The average Bonchev–Trinajstić information content (AvgIpc) is 2.70. The van der Waals surface area contributed by atoms with Gasteiger partial charge >= 0.3 is 0 Å². The Balaban J connectivity index is 2.23. The first-order valence-electron chi connectivity index (χ1n) is 6.62. The lowest BCUT2D eigenvalue weighted by atomic mass is 9.98. The summed E-state index contributed by atoms with van der Waals surface area (Å²) in [6.07, 6.45) is 3.51. The molecule has 1 aromatic heterocycles. The molecule has 0 saturated heterocycles. The molecule has 3 N–H and O–H groups in total. The number of nitrogens with one attached hydrogen (secondary N) is 1. The minimum absolute atomic E-state index is 0.00540. The number of hydrogen-bond donors (Lipinski definition) is 2. The Morgan fingerprint density at radius 1 is 1.42 bits per heavy atom. The Labute approximate surface area is 114 Å². The maximum Gasteiger partial charge on any atom is 0.242 e. The fraction of sp³-hybridized carbons (Fsp3) is 0.615. The molecule has 3 unspecified atom stereocenters. The molecule has 3 atom stereocenters. The minimum atomic E-state index is -3.54. The fourth-order valence-corrected chi connectivity index (χ4v) is 4.18. The minimum Gasteiger partial charge on any atom is -0.325 e. The van der Waals surface area contributed by atoms with Crippen LogP contribution in [-0.4, -0.2) is 19.4 Å². The van der Waals surface area contributed by atoms with E-state index in [-0.39, 0.29) is 17.5 Å². The first-order chi connectivity index (χ1) is 8.95. The van der Waals surface area contributed by atoms with Gasteiger partial charge < -0.3 is 5.73 Å². The van der Waals surface area contributed by atoms with Gasteiger partial charge in [0.2, 0.25) is 10.0 Å². The van der Waals surface area contributed by atoms with Gasteiger partial charge in [0, 0.05) is 18.8 Å². The summed E-state index contributed by atoms with van der Waals surface area (Å²) in [5, 5.41) is 0. The van der Waals surface area contributed by atoms with Crippen molar-refractivity contribution in [3.05, 3.63) is 24.0 Å². The quantitative estimate of drug-likeness (QED) is 0.871. The van der Waals surface area contributed by atoms with Gasteiger partial charge in [0.1, 0.15) is 4.90 Å². The number of nitrogens with zero attached hydrogens (tertiary/aromatic N) is 1. The highest BCUT2D eigenvalue weighted by Crippen LogP contribution is 2.32. The maximum atomic E-state index is 12.4. The Kier molecular flexibility index (Phi) is 4.23. The highest BCUT2D eigenvalue weighted by Gasteiger charge is 2.33. The van der Waals surface area contributed by atoms with Gasteiger partial charge in [-0.3, -0.25) is 4.98 Å². The first kappa shape index (κ1) is 14.4. The zero-order chi connectivity index (χ0) is 14.0. The molecule has 0 spiro atoms. The summed E-state index contributed by atoms with van der Waals surface area (Å²) < 4.78 is 27.6. The Bertz CT molecular complexity index is 545. The molecule has 1 fully saturated rings. The van der Waals surface area contributed by atoms with Gasteiger partial charge in [0.05, 0.1) is 5.69 Å². The van der Waals surface area contributed by atoms with E-state index in [0.29, 0.717) is 17.5 Å². The zero-order valence-electron chi connectivity index (χ0n) is 11.3. The van der Waals surface area contributed by atoms with Crippen molar-refractivity contribution in [3.63, 3.8) is 0 Å². The van der Waals surface area contributed by atoms with E-state index in [9.17, 15) is 8.42 Å². The van der Waals surface area contributed by atoms with Crippen molar-refractivity contribution < 1.29 is 8.42 Å². The van der Waals surface area contributed by atoms with Gasteiger partial charge in [0.15, 0.2) is 0 Å². The number of aromatic nitrogens is 1. The zero-order valence-corrected chi connectivity index (χ0v) is 12.2. The van der Waals surface area contributed by atoms with E-state index in [1.54, 1.807) is 18.3 Å². The van der Waals surface area contributed by atoms with E-state index in [4.69, 9.17) is 5.73 Å². The molecule has 2 rings (SSSR count). The van der Waals surface area contributed by atoms with Crippen LogP contribution >= 0.6 is 0 Å². The number of hydrogen-bond acceptors (Lipinski definition) is 4. The largest absolute Gasteiger partial charge is 0.325 e. The molecular weight excluding hydrogens is 262 g/mol. The summed E-state index contributed by atoms with van der Waals surface area (Å²) in [5.41, 5.74) is 5.96. The Hall–Kier alpha value is -0.980. The van der Waals surface area contributed by atoms with Crippen LogP contribution in [0.5, 0.6) is 0 Å². The molecule has 6 heteroatoms. The molecule has 0 amide bonds. The summed E-state index contributed by atoms with van der Waals surface area (Å²) in [6.45, 7) is 4.37. The summed E-state index contributed by atoms with van der Waals surface area (Å²) in [6, 6.07) is 3.18. The third kappa shape index (κ3) is 2.96. The van der Waals surface area contributed by atoms with Crippen LogP contribution in [0, 0.1) is 11.8 Å². The van der Waals surface area contributed by atoms with Crippen molar-refractivity contribution >= 4 is 10.0 Å². The molecule has 1 saturated carbocycles. The SMILES string of the molecule is CC1CCC(NS(=O)(=O)c2cccnc2CN)C1C. The van der Waals surface area contributed by atoms with Crippen molar-refractivity contribution in [3.8, 4) is 0 Å². The van der Waals surface area contributed by atoms with Crippen LogP contribution in [0.3, 0.4) is 0 Å². The van der Waals surface area contributed by atoms with E-state index in [1.807, 2.05) is 0 Å². The van der Waals surface area contributed by atoms with E-state index in [2.05, 4.69) is 23.6 Å². The van der Waals surface area contributed by atoms with Crippen molar-refractivity contribution in [2.45, 2.75) is 44.2 Å². The lowest BCUT2D eigenvalue weighted by molar-refractivity contribution is 0.402. The topological polar surface area (TPSA) is 85.1 Å². The summed E-state index contributed by atoms with van der Waals surface area (Å²) in [4.78, 5) is 4.23. The van der Waals surface area contributed by atoms with Gasteiger partial charge in [-0.1, -0.05) is 13.8 Å². The molecule has 1 aliphatic carbocycles. The highest BCUT2D eigenvalue weighted by molar-refractivity contribution is 7.89. The van der Waals surface area contributed by atoms with Crippen LogP contribution in [0.15, 0.2) is 23.2 Å². The van der Waals surface area contributed by atoms with Crippen molar-refractivity contribution in [2.24, 2.45) is 17.6 Å². The fourth-order valence-electron chi connectivity index (χ4n) is 2.62. The van der Waals surface area contributed by atoms with E-state index >= 15 is 0 Å². The number of sulfonamides is 1. The predicted octanol–water partition coefficient (Wildman–Crippen LogP) is 1.25. The molecule has 106 valence electrons. The van der Waals surface area contributed by atoms with Crippen LogP contribution in [0.2, 0.25) is 0 Å². The number of pyridine rings is 1. The molecule has 0 aliphatic heterocycles. The second kappa shape index (κ2) is 5.56. The van der Waals surface area contributed by atoms with Gasteiger partial charge in [-0.25, -0.2) is 13.1 Å². The Morgan fingerprint density at radius 3 is 2.74 bits per heavy atom. The normalized spacial score (nSPS) is 27.6. The monoisotopic (exact) mass is 283 g/mol. The third-order valence-electron chi connectivity index (χ3n) is 4.10. The molecule has 0 bridgehead atoms. The lowest BCUT2D eigenvalue weighted by Gasteiger charge is -2.20. The molecule has 0 aromatic carbocycles. The molecule has 19 heavy (non-hydrogen) atoms. The number of rotatable bonds is 4. The Morgan fingerprint density at radius 2 is 2.16 bits per heavy atom. The van der Waals surface area contributed by atoms with Crippen molar-refractivity contribution in [1.29, 1.82) is 0 Å². The van der Waals surface area contributed by atoms with Crippen LogP contribution in [-0.2, 0) is 16.6 Å². The highest BCUT2D eigenvalue weighted by atomic mass is 32.2. The second-order valence-corrected chi connectivity index (χ2v) is 6.98. The van der Waals surface area contributed by atoms with Crippen molar-refractivity contribution in [2.75, 3.05) is 0 Å². The molecule has 0 radical (unpaired) electrons. The first-order valence-corrected chi connectivity index (χ1v) is 8.10. The van der Waals surface area contributed by atoms with Gasteiger partial charge in [-0.05, 0) is 36.8 Å². The van der Waals surface area contributed by atoms with Crippen LogP contribution in [0.1, 0.15) is 32.4 Å². The molecule has 5 nitrogen and oxygen atoms in total. The summed E-state index contributed by atoms with van der Waals surface area (Å²) in [7, 11) is -3.54. The standard InChI is InChI=1S/C13H21N3O2S/c1-9-5-6-11(10(9)2)16-19(17,18)13-4-3-7-15-12(13)8-14/h3-4,7,9-11,16H,5-6,8,14H2,1-2H3.